The molecule has 4 nitrogen and oxygen atoms in total. The molecule has 0 spiro atoms. The third kappa shape index (κ3) is 2.52. The Morgan fingerprint density at radius 2 is 2.31 bits per heavy atom. The van der Waals surface area contributed by atoms with E-state index in [-0.39, 0.29) is 0 Å². The molecular formula is C12H16N2O2. The Kier molecular flexibility index (Phi) is 3.41. The molecule has 0 aliphatic heterocycles. The molecule has 0 bridgehead atoms. The van der Waals surface area contributed by atoms with Crippen molar-refractivity contribution in [2.75, 3.05) is 13.1 Å². The molecule has 2 aromatic heterocycles. The third-order valence-corrected chi connectivity index (χ3v) is 2.33. The van der Waals surface area contributed by atoms with Crippen LogP contribution < -0.4 is 5.32 Å². The van der Waals surface area contributed by atoms with Crippen LogP contribution in [0.15, 0.2) is 27.4 Å². The summed E-state index contributed by atoms with van der Waals surface area (Å²) in [4.78, 5) is 4.23. The highest BCUT2D eigenvalue weighted by molar-refractivity contribution is 5.55. The second-order valence-electron chi connectivity index (χ2n) is 3.67. The van der Waals surface area contributed by atoms with E-state index in [1.807, 2.05) is 13.0 Å². The number of nitrogens with zero attached hydrogens (tertiary/aromatic N) is 1. The van der Waals surface area contributed by atoms with E-state index in [0.29, 0.717) is 0 Å². The smallest absolute Gasteiger partial charge is 0.196 e. The molecule has 0 fully saturated rings. The van der Waals surface area contributed by atoms with Crippen LogP contribution in [0.3, 0.4) is 0 Å². The van der Waals surface area contributed by atoms with Crippen LogP contribution in [-0.4, -0.2) is 18.1 Å². The molecule has 0 aromatic carbocycles. The minimum atomic E-state index is 0.759. The van der Waals surface area contributed by atoms with Crippen molar-refractivity contribution in [3.63, 3.8) is 0 Å². The normalized spacial score (nSPS) is 10.9. The maximum absolute atomic E-state index is 5.62. The summed E-state index contributed by atoms with van der Waals surface area (Å²) in [6.07, 6.45) is 4.24. The molecule has 0 unspecified atom stereocenters. The van der Waals surface area contributed by atoms with Gasteiger partial charge in [0.25, 0.3) is 0 Å². The number of aromatic nitrogens is 1. The summed E-state index contributed by atoms with van der Waals surface area (Å²) in [6, 6.07) is 1.94. The van der Waals surface area contributed by atoms with Gasteiger partial charge in [-0.3, -0.25) is 0 Å². The highest BCUT2D eigenvalue weighted by Gasteiger charge is 2.08. The first-order valence-electron chi connectivity index (χ1n) is 5.50. The maximum atomic E-state index is 5.62. The van der Waals surface area contributed by atoms with E-state index < -0.39 is 0 Å². The number of hydrogen-bond acceptors (Lipinski definition) is 4. The molecule has 1 N–H and O–H groups in total. The second kappa shape index (κ2) is 4.99. The number of rotatable bonds is 5. The Labute approximate surface area is 94.7 Å². The van der Waals surface area contributed by atoms with Gasteiger partial charge in [-0.05, 0) is 19.5 Å². The van der Waals surface area contributed by atoms with Crippen LogP contribution in [0.25, 0.3) is 11.3 Å². The number of likely N-dealkylation sites (N-methyl/N-ethyl adjacent to an activating group) is 1. The molecule has 16 heavy (non-hydrogen) atoms. The zero-order valence-corrected chi connectivity index (χ0v) is 9.62. The van der Waals surface area contributed by atoms with Gasteiger partial charge in [0.05, 0.1) is 11.8 Å². The van der Waals surface area contributed by atoms with Gasteiger partial charge in [0, 0.05) is 13.0 Å². The largest absolute Gasteiger partial charge is 0.469 e. The summed E-state index contributed by atoms with van der Waals surface area (Å²) in [5.74, 6) is 2.40. The number of aryl methyl sites for hydroxylation is 1. The van der Waals surface area contributed by atoms with Crippen LogP contribution in [0.5, 0.6) is 0 Å². The Balaban J connectivity index is 2.02. The van der Waals surface area contributed by atoms with Crippen molar-refractivity contribution in [2.24, 2.45) is 0 Å². The Bertz CT molecular complexity index is 445. The summed E-state index contributed by atoms with van der Waals surface area (Å²) in [5.41, 5.74) is 0.944. The molecule has 86 valence electrons. The van der Waals surface area contributed by atoms with E-state index in [2.05, 4.69) is 17.2 Å². The fraction of sp³-hybridized carbons (Fsp3) is 0.417. The van der Waals surface area contributed by atoms with Gasteiger partial charge in [-0.1, -0.05) is 6.92 Å². The standard InChI is InChI=1S/C12H16N2O2/c1-3-13-5-4-12-14-7-11(16-12)10-6-9(2)15-8-10/h6-8,13H,3-5H2,1-2H3. The van der Waals surface area contributed by atoms with Crippen LogP contribution >= 0.6 is 0 Å². The first kappa shape index (κ1) is 11.0. The van der Waals surface area contributed by atoms with Crippen LogP contribution in [-0.2, 0) is 6.42 Å². The first-order chi connectivity index (χ1) is 7.79. The fourth-order valence-electron chi connectivity index (χ4n) is 1.50. The van der Waals surface area contributed by atoms with Gasteiger partial charge in [-0.2, -0.15) is 0 Å². The highest BCUT2D eigenvalue weighted by atomic mass is 16.4. The highest BCUT2D eigenvalue weighted by Crippen LogP contribution is 2.22. The van der Waals surface area contributed by atoms with Crippen molar-refractivity contribution < 1.29 is 8.83 Å². The third-order valence-electron chi connectivity index (χ3n) is 2.33. The van der Waals surface area contributed by atoms with E-state index in [1.54, 1.807) is 12.5 Å². The Morgan fingerprint density at radius 1 is 1.44 bits per heavy atom. The summed E-state index contributed by atoms with van der Waals surface area (Å²) in [6.45, 7) is 5.84. The molecule has 0 saturated carbocycles. The molecule has 0 aliphatic rings. The fourth-order valence-corrected chi connectivity index (χ4v) is 1.50. The maximum Gasteiger partial charge on any atom is 0.196 e. The van der Waals surface area contributed by atoms with Gasteiger partial charge in [0.1, 0.15) is 12.0 Å². The molecule has 0 saturated heterocycles. The lowest BCUT2D eigenvalue weighted by Crippen LogP contribution is -2.16. The topological polar surface area (TPSA) is 51.2 Å². The lowest BCUT2D eigenvalue weighted by Gasteiger charge is -1.96. The zero-order chi connectivity index (χ0) is 11.4. The number of nitrogens with one attached hydrogen (secondary N) is 1. The predicted octanol–water partition coefficient (Wildman–Crippen LogP) is 2.40. The minimum Gasteiger partial charge on any atom is -0.469 e. The lowest BCUT2D eigenvalue weighted by atomic mass is 10.3. The predicted molar refractivity (Wildman–Crippen MR) is 61.2 cm³/mol. The van der Waals surface area contributed by atoms with Crippen LogP contribution in [0.1, 0.15) is 18.6 Å². The van der Waals surface area contributed by atoms with Gasteiger partial charge in [-0.15, -0.1) is 0 Å². The van der Waals surface area contributed by atoms with Crippen molar-refractivity contribution in [1.29, 1.82) is 0 Å². The second-order valence-corrected chi connectivity index (χ2v) is 3.67. The van der Waals surface area contributed by atoms with Crippen molar-refractivity contribution in [1.82, 2.24) is 10.3 Å². The van der Waals surface area contributed by atoms with Crippen molar-refractivity contribution in [2.45, 2.75) is 20.3 Å². The number of hydrogen-bond donors (Lipinski definition) is 1. The molecular weight excluding hydrogens is 204 g/mol. The molecule has 2 aromatic rings. The van der Waals surface area contributed by atoms with E-state index in [1.165, 1.54) is 0 Å². The lowest BCUT2D eigenvalue weighted by molar-refractivity contribution is 0.495. The van der Waals surface area contributed by atoms with Crippen molar-refractivity contribution in [3.8, 4) is 11.3 Å². The van der Waals surface area contributed by atoms with Gasteiger partial charge in [-0.25, -0.2) is 4.98 Å². The van der Waals surface area contributed by atoms with E-state index >= 15 is 0 Å². The molecule has 0 aliphatic carbocycles. The van der Waals surface area contributed by atoms with Crippen molar-refractivity contribution in [3.05, 3.63) is 30.2 Å². The van der Waals surface area contributed by atoms with Gasteiger partial charge < -0.3 is 14.2 Å². The van der Waals surface area contributed by atoms with Crippen molar-refractivity contribution >= 4 is 0 Å². The van der Waals surface area contributed by atoms with E-state index in [4.69, 9.17) is 8.83 Å². The first-order valence-corrected chi connectivity index (χ1v) is 5.50. The quantitative estimate of drug-likeness (QED) is 0.786. The number of furan rings is 1. The van der Waals surface area contributed by atoms with Gasteiger partial charge in [0.15, 0.2) is 11.7 Å². The van der Waals surface area contributed by atoms with Gasteiger partial charge in [0.2, 0.25) is 0 Å². The van der Waals surface area contributed by atoms with Crippen LogP contribution in [0.4, 0.5) is 0 Å². The summed E-state index contributed by atoms with van der Waals surface area (Å²) < 4.78 is 10.8. The molecule has 0 amide bonds. The average Bonchev–Trinajstić information content (AvgIpc) is 2.87. The van der Waals surface area contributed by atoms with Crippen LogP contribution in [0.2, 0.25) is 0 Å². The van der Waals surface area contributed by atoms with Crippen LogP contribution in [0, 0.1) is 6.92 Å². The number of oxazole rings is 1. The summed E-state index contributed by atoms with van der Waals surface area (Å²) in [7, 11) is 0. The minimum absolute atomic E-state index is 0.759. The zero-order valence-electron chi connectivity index (χ0n) is 9.62. The average molecular weight is 220 g/mol. The van der Waals surface area contributed by atoms with E-state index in [9.17, 15) is 0 Å². The molecule has 2 heterocycles. The Morgan fingerprint density at radius 3 is 3.00 bits per heavy atom. The monoisotopic (exact) mass is 220 g/mol. The molecule has 2 rings (SSSR count). The Hall–Kier alpha value is -1.55. The van der Waals surface area contributed by atoms with Gasteiger partial charge >= 0.3 is 0 Å². The summed E-state index contributed by atoms with van der Waals surface area (Å²) in [5, 5.41) is 3.23. The summed E-state index contributed by atoms with van der Waals surface area (Å²) >= 11 is 0. The molecule has 0 radical (unpaired) electrons. The molecule has 0 atom stereocenters. The van der Waals surface area contributed by atoms with E-state index in [0.717, 1.165) is 42.5 Å². The SMILES string of the molecule is CCNCCc1ncc(-c2coc(C)c2)o1. The molecule has 4 heteroatoms.